The molecule has 3 heteroatoms. The van der Waals surface area contributed by atoms with E-state index in [0.29, 0.717) is 0 Å². The fraction of sp³-hybridized carbons (Fsp3) is 0.333. The molecule has 0 bridgehead atoms. The van der Waals surface area contributed by atoms with Crippen molar-refractivity contribution in [3.8, 4) is 5.75 Å². The zero-order valence-electron chi connectivity index (χ0n) is 12.6. The van der Waals surface area contributed by atoms with Crippen LogP contribution in [0.2, 0.25) is 0 Å². The minimum absolute atomic E-state index is 0.141. The van der Waals surface area contributed by atoms with Crippen molar-refractivity contribution in [1.29, 1.82) is 0 Å². The maximum atomic E-state index is 5.54. The van der Waals surface area contributed by atoms with Crippen LogP contribution in [0.25, 0.3) is 0 Å². The zero-order valence-corrected chi connectivity index (χ0v) is 15.8. The molecule has 0 amide bonds. The molecule has 2 aromatic rings. The minimum atomic E-state index is 0.141. The smallest absolute Gasteiger partial charge is 0.124 e. The predicted molar refractivity (Wildman–Crippen MR) is 96.7 cm³/mol. The van der Waals surface area contributed by atoms with Gasteiger partial charge in [0.1, 0.15) is 5.75 Å². The molecular formula is C18H20Br2O. The quantitative estimate of drug-likeness (QED) is 0.542. The highest BCUT2D eigenvalue weighted by molar-refractivity contribution is 9.10. The fourth-order valence-corrected chi connectivity index (χ4v) is 3.63. The number of ether oxygens (including phenoxy) is 1. The lowest BCUT2D eigenvalue weighted by molar-refractivity contribution is 0.410. The van der Waals surface area contributed by atoms with Gasteiger partial charge in [0.15, 0.2) is 0 Å². The number of halogens is 2. The molecule has 21 heavy (non-hydrogen) atoms. The molecular weight excluding hydrogens is 392 g/mol. The first-order valence-corrected chi connectivity index (χ1v) is 8.90. The highest BCUT2D eigenvalue weighted by Crippen LogP contribution is 2.39. The summed E-state index contributed by atoms with van der Waals surface area (Å²) in [5.74, 6) is 0.898. The minimum Gasteiger partial charge on any atom is -0.496 e. The van der Waals surface area contributed by atoms with E-state index in [4.69, 9.17) is 4.74 Å². The second kappa shape index (κ2) is 7.46. The van der Waals surface area contributed by atoms with Crippen LogP contribution in [0.3, 0.4) is 0 Å². The first kappa shape index (κ1) is 16.6. The summed E-state index contributed by atoms with van der Waals surface area (Å²) in [7, 11) is 1.72. The van der Waals surface area contributed by atoms with Crippen LogP contribution < -0.4 is 4.74 Å². The van der Waals surface area contributed by atoms with Crippen molar-refractivity contribution in [2.24, 2.45) is 0 Å². The molecule has 2 rings (SSSR count). The number of aryl methyl sites for hydroxylation is 2. The average Bonchev–Trinajstić information content (AvgIpc) is 2.53. The summed E-state index contributed by atoms with van der Waals surface area (Å²) in [6.07, 6.45) is 2.08. The number of benzene rings is 2. The topological polar surface area (TPSA) is 9.23 Å². The third-order valence-electron chi connectivity index (χ3n) is 3.74. The molecule has 0 N–H and O–H groups in total. The predicted octanol–water partition coefficient (Wildman–Crippen LogP) is 6.07. The van der Waals surface area contributed by atoms with E-state index in [0.717, 1.165) is 28.6 Å². The Hall–Kier alpha value is -0.800. The van der Waals surface area contributed by atoms with E-state index in [9.17, 15) is 0 Å². The summed E-state index contributed by atoms with van der Waals surface area (Å²) in [6.45, 7) is 4.39. The van der Waals surface area contributed by atoms with Crippen LogP contribution in [-0.4, -0.2) is 7.11 Å². The summed E-state index contributed by atoms with van der Waals surface area (Å²) < 4.78 is 6.57. The standard InChI is InChI=1S/C18H20Br2O/c1-4-12-6-7-13(5-2)16(10-12)18(20)15-9-8-14(19)11-17(15)21-3/h6-11,18H,4-5H2,1-3H3. The van der Waals surface area contributed by atoms with Crippen LogP contribution in [0.1, 0.15) is 40.9 Å². The van der Waals surface area contributed by atoms with Crippen molar-refractivity contribution in [2.75, 3.05) is 7.11 Å². The summed E-state index contributed by atoms with van der Waals surface area (Å²) >= 11 is 7.37. The highest BCUT2D eigenvalue weighted by Gasteiger charge is 2.18. The van der Waals surface area contributed by atoms with Crippen molar-refractivity contribution in [1.82, 2.24) is 0 Å². The van der Waals surface area contributed by atoms with Gasteiger partial charge in [-0.2, -0.15) is 0 Å². The molecule has 2 aromatic carbocycles. The second-order valence-electron chi connectivity index (χ2n) is 4.99. The van der Waals surface area contributed by atoms with Crippen molar-refractivity contribution < 1.29 is 4.74 Å². The third-order valence-corrected chi connectivity index (χ3v) is 5.22. The van der Waals surface area contributed by atoms with Crippen LogP contribution in [0.5, 0.6) is 5.75 Å². The van der Waals surface area contributed by atoms with Gasteiger partial charge in [-0.15, -0.1) is 0 Å². The Morgan fingerprint density at radius 3 is 2.38 bits per heavy atom. The molecule has 0 saturated carbocycles. The van der Waals surface area contributed by atoms with E-state index in [2.05, 4.69) is 76.0 Å². The van der Waals surface area contributed by atoms with E-state index in [1.165, 1.54) is 16.7 Å². The van der Waals surface area contributed by atoms with Gasteiger partial charge in [-0.1, -0.05) is 70.0 Å². The molecule has 0 heterocycles. The number of alkyl halides is 1. The Kier molecular flexibility index (Phi) is 5.88. The number of methoxy groups -OCH3 is 1. The van der Waals surface area contributed by atoms with Crippen molar-refractivity contribution in [2.45, 2.75) is 31.5 Å². The highest BCUT2D eigenvalue weighted by atomic mass is 79.9. The van der Waals surface area contributed by atoms with Crippen molar-refractivity contribution in [3.63, 3.8) is 0 Å². The van der Waals surface area contributed by atoms with Gasteiger partial charge in [0.25, 0.3) is 0 Å². The molecule has 0 aromatic heterocycles. The van der Waals surface area contributed by atoms with E-state index < -0.39 is 0 Å². The van der Waals surface area contributed by atoms with Crippen LogP contribution in [0, 0.1) is 0 Å². The zero-order chi connectivity index (χ0) is 15.4. The van der Waals surface area contributed by atoms with Gasteiger partial charge in [0, 0.05) is 10.0 Å². The normalized spacial score (nSPS) is 12.2. The summed E-state index contributed by atoms with van der Waals surface area (Å²) in [4.78, 5) is 0.141. The SMILES string of the molecule is CCc1ccc(CC)c(C(Br)c2ccc(Br)cc2OC)c1. The first-order chi connectivity index (χ1) is 10.1. The Labute approximate surface area is 144 Å². The lowest BCUT2D eigenvalue weighted by Crippen LogP contribution is -2.02. The second-order valence-corrected chi connectivity index (χ2v) is 6.82. The first-order valence-electron chi connectivity index (χ1n) is 7.19. The Bertz CT molecular complexity index is 623. The largest absolute Gasteiger partial charge is 0.496 e. The molecule has 0 saturated heterocycles. The lowest BCUT2D eigenvalue weighted by Gasteiger charge is -2.19. The molecule has 0 aliphatic carbocycles. The molecule has 0 aliphatic rings. The summed E-state index contributed by atoms with van der Waals surface area (Å²) in [5.41, 5.74) is 5.22. The van der Waals surface area contributed by atoms with Crippen LogP contribution in [-0.2, 0) is 12.8 Å². The van der Waals surface area contributed by atoms with E-state index in [1.807, 2.05) is 6.07 Å². The molecule has 0 fully saturated rings. The molecule has 1 nitrogen and oxygen atoms in total. The summed E-state index contributed by atoms with van der Waals surface area (Å²) in [5, 5.41) is 0. The molecule has 0 aliphatic heterocycles. The molecule has 1 unspecified atom stereocenters. The number of rotatable bonds is 5. The maximum Gasteiger partial charge on any atom is 0.124 e. The average molecular weight is 412 g/mol. The Balaban J connectivity index is 2.50. The maximum absolute atomic E-state index is 5.54. The summed E-state index contributed by atoms with van der Waals surface area (Å²) in [6, 6.07) is 13.0. The van der Waals surface area contributed by atoms with E-state index in [-0.39, 0.29) is 4.83 Å². The Morgan fingerprint density at radius 2 is 1.76 bits per heavy atom. The molecule has 112 valence electrons. The molecule has 0 radical (unpaired) electrons. The van der Waals surface area contributed by atoms with Gasteiger partial charge in [-0.05, 0) is 41.7 Å². The lowest BCUT2D eigenvalue weighted by atomic mass is 9.95. The molecule has 0 spiro atoms. The number of hydrogen-bond acceptors (Lipinski definition) is 1. The van der Waals surface area contributed by atoms with Crippen LogP contribution >= 0.6 is 31.9 Å². The third kappa shape index (κ3) is 3.70. The van der Waals surface area contributed by atoms with Crippen LogP contribution in [0.15, 0.2) is 40.9 Å². The Morgan fingerprint density at radius 1 is 1.00 bits per heavy atom. The van der Waals surface area contributed by atoms with E-state index >= 15 is 0 Å². The van der Waals surface area contributed by atoms with Gasteiger partial charge >= 0.3 is 0 Å². The van der Waals surface area contributed by atoms with Gasteiger partial charge in [0.2, 0.25) is 0 Å². The van der Waals surface area contributed by atoms with Gasteiger partial charge in [0.05, 0.1) is 11.9 Å². The van der Waals surface area contributed by atoms with Crippen molar-refractivity contribution in [3.05, 3.63) is 63.1 Å². The van der Waals surface area contributed by atoms with E-state index in [1.54, 1.807) is 7.11 Å². The monoisotopic (exact) mass is 410 g/mol. The fourth-order valence-electron chi connectivity index (χ4n) is 2.48. The van der Waals surface area contributed by atoms with Crippen LogP contribution in [0.4, 0.5) is 0 Å². The van der Waals surface area contributed by atoms with Gasteiger partial charge in [-0.3, -0.25) is 0 Å². The van der Waals surface area contributed by atoms with Crippen molar-refractivity contribution >= 4 is 31.9 Å². The number of hydrogen-bond donors (Lipinski definition) is 0. The molecule has 1 atom stereocenters. The van der Waals surface area contributed by atoms with Gasteiger partial charge in [-0.25, -0.2) is 0 Å². The van der Waals surface area contributed by atoms with Gasteiger partial charge < -0.3 is 4.74 Å².